The zero-order valence-electron chi connectivity index (χ0n) is 11.5. The average molecular weight is 288 g/mol. The van der Waals surface area contributed by atoms with Gasteiger partial charge in [0.1, 0.15) is 5.82 Å². The molecular weight excluding hydrogens is 275 g/mol. The molecule has 2 aromatic rings. The molecule has 21 heavy (non-hydrogen) atoms. The monoisotopic (exact) mass is 288 g/mol. The summed E-state index contributed by atoms with van der Waals surface area (Å²) in [6.45, 7) is 3.32. The fourth-order valence-corrected chi connectivity index (χ4v) is 1.89. The Kier molecular flexibility index (Phi) is 3.98. The maximum Gasteiger partial charge on any atom is 0.274 e. The first kappa shape index (κ1) is 14.6. The molecule has 0 spiro atoms. The Bertz CT molecular complexity index is 729. The normalized spacial score (nSPS) is 10.2. The third kappa shape index (κ3) is 3.22. The molecule has 0 radical (unpaired) electrons. The Hall–Kier alpha value is -2.76. The highest BCUT2D eigenvalue weighted by molar-refractivity contribution is 6.04. The van der Waals surface area contributed by atoms with Gasteiger partial charge in [-0.15, -0.1) is 0 Å². The number of nitro benzene ring substituents is 1. The number of nitro groups is 1. The number of benzene rings is 2. The van der Waals surface area contributed by atoms with E-state index in [0.717, 1.165) is 0 Å². The fourth-order valence-electron chi connectivity index (χ4n) is 1.89. The number of anilines is 1. The molecule has 0 fully saturated rings. The van der Waals surface area contributed by atoms with Crippen molar-refractivity contribution in [1.29, 1.82) is 0 Å². The second-order valence-electron chi connectivity index (χ2n) is 4.70. The second-order valence-corrected chi connectivity index (χ2v) is 4.70. The molecule has 1 N–H and O–H groups in total. The first-order valence-corrected chi connectivity index (χ1v) is 6.21. The number of carbonyl (C=O) groups excluding carboxylic acids is 1. The third-order valence-corrected chi connectivity index (χ3v) is 3.03. The van der Waals surface area contributed by atoms with E-state index in [0.29, 0.717) is 11.1 Å². The summed E-state index contributed by atoms with van der Waals surface area (Å²) in [5, 5.41) is 13.3. The summed E-state index contributed by atoms with van der Waals surface area (Å²) < 4.78 is 13.7. The van der Waals surface area contributed by atoms with E-state index in [1.165, 1.54) is 30.3 Å². The average Bonchev–Trinajstić information content (AvgIpc) is 2.40. The van der Waals surface area contributed by atoms with Crippen molar-refractivity contribution in [2.24, 2.45) is 0 Å². The van der Waals surface area contributed by atoms with Crippen molar-refractivity contribution < 1.29 is 14.1 Å². The van der Waals surface area contributed by atoms with Crippen LogP contribution in [-0.4, -0.2) is 10.8 Å². The number of hydrogen-bond acceptors (Lipinski definition) is 3. The topological polar surface area (TPSA) is 72.2 Å². The van der Waals surface area contributed by atoms with Crippen LogP contribution in [0.5, 0.6) is 0 Å². The van der Waals surface area contributed by atoms with E-state index in [1.807, 2.05) is 0 Å². The summed E-state index contributed by atoms with van der Waals surface area (Å²) in [5.74, 6) is -1.28. The number of amides is 1. The first-order chi connectivity index (χ1) is 9.88. The van der Waals surface area contributed by atoms with E-state index in [1.54, 1.807) is 19.9 Å². The van der Waals surface area contributed by atoms with Gasteiger partial charge in [0.05, 0.1) is 10.5 Å². The van der Waals surface area contributed by atoms with Gasteiger partial charge in [0.2, 0.25) is 0 Å². The van der Waals surface area contributed by atoms with Gasteiger partial charge in [-0.3, -0.25) is 14.9 Å². The SMILES string of the molecule is Cc1ccc(C(=O)Nc2ccc(C)c([N+](=O)[O-])c2)c(F)c1. The van der Waals surface area contributed by atoms with Crippen LogP contribution < -0.4 is 5.32 Å². The Balaban J connectivity index is 2.27. The first-order valence-electron chi connectivity index (χ1n) is 6.21. The molecule has 0 saturated carbocycles. The van der Waals surface area contributed by atoms with Crippen molar-refractivity contribution in [3.05, 3.63) is 69.0 Å². The molecule has 1 amide bonds. The van der Waals surface area contributed by atoms with Crippen LogP contribution in [0.2, 0.25) is 0 Å². The molecular formula is C15H13FN2O3. The van der Waals surface area contributed by atoms with Crippen molar-refractivity contribution in [1.82, 2.24) is 0 Å². The van der Waals surface area contributed by atoms with E-state index in [4.69, 9.17) is 0 Å². The summed E-state index contributed by atoms with van der Waals surface area (Å²) in [7, 11) is 0. The molecule has 0 aromatic heterocycles. The van der Waals surface area contributed by atoms with Crippen LogP contribution in [0, 0.1) is 29.8 Å². The number of carbonyl (C=O) groups is 1. The lowest BCUT2D eigenvalue weighted by Gasteiger charge is -2.07. The Labute approximate surface area is 120 Å². The fraction of sp³-hybridized carbons (Fsp3) is 0.133. The highest BCUT2D eigenvalue weighted by atomic mass is 19.1. The Morgan fingerprint density at radius 1 is 1.19 bits per heavy atom. The van der Waals surface area contributed by atoms with E-state index in [9.17, 15) is 19.3 Å². The molecule has 0 aliphatic rings. The highest BCUT2D eigenvalue weighted by Gasteiger charge is 2.15. The van der Waals surface area contributed by atoms with Crippen LogP contribution in [0.15, 0.2) is 36.4 Å². The molecule has 0 aliphatic heterocycles. The maximum atomic E-state index is 13.7. The lowest BCUT2D eigenvalue weighted by molar-refractivity contribution is -0.385. The molecule has 2 rings (SSSR count). The molecule has 0 saturated heterocycles. The molecule has 5 nitrogen and oxygen atoms in total. The predicted octanol–water partition coefficient (Wildman–Crippen LogP) is 3.60. The number of hydrogen-bond donors (Lipinski definition) is 1. The molecule has 0 heterocycles. The van der Waals surface area contributed by atoms with E-state index in [2.05, 4.69) is 5.32 Å². The van der Waals surface area contributed by atoms with Crippen LogP contribution in [0.3, 0.4) is 0 Å². The summed E-state index contributed by atoms with van der Waals surface area (Å²) >= 11 is 0. The van der Waals surface area contributed by atoms with Crippen LogP contribution in [-0.2, 0) is 0 Å². The number of rotatable bonds is 3. The largest absolute Gasteiger partial charge is 0.322 e. The van der Waals surface area contributed by atoms with Crippen molar-refractivity contribution in [2.45, 2.75) is 13.8 Å². The molecule has 6 heteroatoms. The lowest BCUT2D eigenvalue weighted by atomic mass is 10.1. The van der Waals surface area contributed by atoms with Crippen molar-refractivity contribution >= 4 is 17.3 Å². The summed E-state index contributed by atoms with van der Waals surface area (Å²) in [6, 6.07) is 8.57. The van der Waals surface area contributed by atoms with Gasteiger partial charge in [0.25, 0.3) is 11.6 Å². The molecule has 0 aliphatic carbocycles. The molecule has 108 valence electrons. The quantitative estimate of drug-likeness (QED) is 0.692. The smallest absolute Gasteiger partial charge is 0.274 e. The van der Waals surface area contributed by atoms with Crippen LogP contribution >= 0.6 is 0 Å². The predicted molar refractivity (Wildman–Crippen MR) is 76.9 cm³/mol. The minimum Gasteiger partial charge on any atom is -0.322 e. The van der Waals surface area contributed by atoms with Gasteiger partial charge in [0.15, 0.2) is 0 Å². The van der Waals surface area contributed by atoms with Crippen molar-refractivity contribution in [3.63, 3.8) is 0 Å². The molecule has 0 bridgehead atoms. The van der Waals surface area contributed by atoms with Crippen molar-refractivity contribution in [3.8, 4) is 0 Å². The number of nitrogens with zero attached hydrogens (tertiary/aromatic N) is 1. The Morgan fingerprint density at radius 2 is 1.90 bits per heavy atom. The van der Waals surface area contributed by atoms with Crippen LogP contribution in [0.4, 0.5) is 15.8 Å². The van der Waals surface area contributed by atoms with E-state index >= 15 is 0 Å². The van der Waals surface area contributed by atoms with Crippen molar-refractivity contribution in [2.75, 3.05) is 5.32 Å². The zero-order valence-corrected chi connectivity index (χ0v) is 11.5. The maximum absolute atomic E-state index is 13.7. The van der Waals surface area contributed by atoms with Gasteiger partial charge < -0.3 is 5.32 Å². The van der Waals surface area contributed by atoms with Gasteiger partial charge in [-0.05, 0) is 37.6 Å². The molecule has 0 atom stereocenters. The summed E-state index contributed by atoms with van der Waals surface area (Å²) in [4.78, 5) is 22.3. The van der Waals surface area contributed by atoms with E-state index in [-0.39, 0.29) is 16.9 Å². The van der Waals surface area contributed by atoms with Gasteiger partial charge in [-0.25, -0.2) is 4.39 Å². The van der Waals surface area contributed by atoms with E-state index < -0.39 is 16.6 Å². The summed E-state index contributed by atoms with van der Waals surface area (Å²) in [5.41, 5.74) is 1.23. The van der Waals surface area contributed by atoms with Gasteiger partial charge in [-0.2, -0.15) is 0 Å². The third-order valence-electron chi connectivity index (χ3n) is 3.03. The summed E-state index contributed by atoms with van der Waals surface area (Å²) in [6.07, 6.45) is 0. The van der Waals surface area contributed by atoms with Crippen LogP contribution in [0.25, 0.3) is 0 Å². The molecule has 0 unspecified atom stereocenters. The molecule has 2 aromatic carbocycles. The van der Waals surface area contributed by atoms with Gasteiger partial charge >= 0.3 is 0 Å². The zero-order chi connectivity index (χ0) is 15.6. The highest BCUT2D eigenvalue weighted by Crippen LogP contribution is 2.23. The van der Waals surface area contributed by atoms with Gasteiger partial charge in [-0.1, -0.05) is 12.1 Å². The number of aryl methyl sites for hydroxylation is 2. The van der Waals surface area contributed by atoms with Crippen LogP contribution in [0.1, 0.15) is 21.5 Å². The number of halogens is 1. The Morgan fingerprint density at radius 3 is 2.52 bits per heavy atom. The van der Waals surface area contributed by atoms with Gasteiger partial charge in [0, 0.05) is 17.3 Å². The number of nitrogens with one attached hydrogen (secondary N) is 1. The second kappa shape index (κ2) is 5.70. The standard InChI is InChI=1S/C15H13FN2O3/c1-9-3-6-12(13(16)7-9)15(19)17-11-5-4-10(2)14(8-11)18(20)21/h3-8H,1-2H3,(H,17,19). The minimum absolute atomic E-state index is 0.0998. The lowest BCUT2D eigenvalue weighted by Crippen LogP contribution is -2.14. The minimum atomic E-state index is -0.648.